The fraction of sp³-hybridized carbons (Fsp3) is 0.917. The Bertz CT molecular complexity index is 1480. The van der Waals surface area contributed by atoms with Crippen LogP contribution >= 0.6 is 0 Å². The van der Waals surface area contributed by atoms with Crippen LogP contribution in [-0.4, -0.2) is 242 Å². The molecule has 0 aromatic carbocycles. The van der Waals surface area contributed by atoms with Crippen molar-refractivity contribution in [3.63, 3.8) is 0 Å². The monoisotopic (exact) mass is 908 g/mol. The summed E-state index contributed by atoms with van der Waals surface area (Å²) in [6.45, 7) is 3.70. The zero-order chi connectivity index (χ0) is 47.4. The van der Waals surface area contributed by atoms with Crippen molar-refractivity contribution in [2.75, 3.05) is 26.4 Å². The first kappa shape index (κ1) is 53.9. The second-order valence-electron chi connectivity index (χ2n) is 16.3. The number of ether oxygens (including phenoxy) is 6. The highest BCUT2D eigenvalue weighted by Gasteiger charge is 2.89. The van der Waals surface area contributed by atoms with Crippen LogP contribution in [0.1, 0.15) is 48.0 Å². The van der Waals surface area contributed by atoms with Crippen LogP contribution in [0.15, 0.2) is 0 Å². The molecule has 0 aromatic rings. The van der Waals surface area contributed by atoms with E-state index in [0.29, 0.717) is 0 Å². The summed E-state index contributed by atoms with van der Waals surface area (Å²) < 4.78 is 33.7. The van der Waals surface area contributed by atoms with Crippen molar-refractivity contribution >= 4 is 17.8 Å². The first-order valence-electron chi connectivity index (χ1n) is 19.8. The predicted octanol–water partition coefficient (Wildman–Crippen LogP) is -8.61. The fourth-order valence-corrected chi connectivity index (χ4v) is 7.80. The number of amides is 2. The summed E-state index contributed by atoms with van der Waals surface area (Å²) in [5, 5.41) is 166. The van der Waals surface area contributed by atoms with Crippen LogP contribution in [0.25, 0.3) is 0 Å². The van der Waals surface area contributed by atoms with E-state index < -0.39 is 184 Å². The minimum atomic E-state index is -3.30. The molecule has 362 valence electrons. The van der Waals surface area contributed by atoms with Gasteiger partial charge in [-0.15, -0.1) is 0 Å². The molecule has 62 heavy (non-hydrogen) atoms. The summed E-state index contributed by atoms with van der Waals surface area (Å²) in [7, 11) is 0. The maximum absolute atomic E-state index is 13.4. The van der Waals surface area contributed by atoms with E-state index in [1.807, 2.05) is 0 Å². The van der Waals surface area contributed by atoms with Crippen molar-refractivity contribution in [2.24, 2.45) is 11.8 Å². The Balaban J connectivity index is 2.15. The van der Waals surface area contributed by atoms with E-state index in [1.165, 1.54) is 27.7 Å². The lowest BCUT2D eigenvalue weighted by Gasteiger charge is -2.48. The zero-order valence-electron chi connectivity index (χ0n) is 34.9. The third-order valence-corrected chi connectivity index (χ3v) is 11.3. The topological polar surface area (TPSA) is 434 Å². The maximum atomic E-state index is 13.4. The van der Waals surface area contributed by atoms with E-state index in [1.54, 1.807) is 0 Å². The molecule has 2 amide bonds. The normalized spacial score (nSPS) is 36.4. The summed E-state index contributed by atoms with van der Waals surface area (Å²) in [4.78, 5) is 38.2. The molecule has 1 aliphatic carbocycles. The van der Waals surface area contributed by atoms with Crippen LogP contribution in [0.5, 0.6) is 0 Å². The van der Waals surface area contributed by atoms with Gasteiger partial charge in [0.25, 0.3) is 5.79 Å². The first-order chi connectivity index (χ1) is 28.8. The SMILES string of the molecule is CC(=O)NC(C(O)[C@@H](O)C(C)CO)[C@@H](O)O[C@@H]1C[C@](OC2[C@@H](O)C(CO)O[C@@H](O[C@H](C(C)CO)C(O)C(O)[C@@H](O)OC(C)C)[C@H]2O)(C(=O)O)OC2[C@]1(NC(C)=O)[C@@]2(O)[C@H](O)CO. The van der Waals surface area contributed by atoms with Gasteiger partial charge >= 0.3 is 5.97 Å². The van der Waals surface area contributed by atoms with Crippen molar-refractivity contribution in [3.8, 4) is 0 Å². The van der Waals surface area contributed by atoms with E-state index >= 15 is 0 Å². The number of carbonyl (C=O) groups excluding carboxylic acids is 2. The minimum absolute atomic E-state index is 0.646. The second kappa shape index (κ2) is 21.7. The van der Waals surface area contributed by atoms with Crippen LogP contribution in [-0.2, 0) is 42.8 Å². The highest BCUT2D eigenvalue weighted by atomic mass is 16.8. The number of nitrogens with one attached hydrogen (secondary N) is 2. The van der Waals surface area contributed by atoms with Gasteiger partial charge in [-0.3, -0.25) is 9.59 Å². The number of carboxylic acid groups (broad SMARTS) is 1. The van der Waals surface area contributed by atoms with Gasteiger partial charge in [-0.05, 0) is 13.8 Å². The molecule has 1 saturated carbocycles. The smallest absolute Gasteiger partial charge is 0.364 e. The van der Waals surface area contributed by atoms with Crippen LogP contribution in [0, 0.1) is 11.8 Å². The summed E-state index contributed by atoms with van der Waals surface area (Å²) in [5.41, 5.74) is -5.42. The molecule has 3 aliphatic rings. The van der Waals surface area contributed by atoms with Gasteiger partial charge < -0.3 is 116 Å². The van der Waals surface area contributed by atoms with Crippen molar-refractivity contribution in [2.45, 2.75) is 169 Å². The lowest BCUT2D eigenvalue weighted by molar-refractivity contribution is -0.370. The Morgan fingerprint density at radius 1 is 0.774 bits per heavy atom. The second-order valence-corrected chi connectivity index (χ2v) is 16.3. The maximum Gasteiger partial charge on any atom is 0.364 e. The Kier molecular flexibility index (Phi) is 18.9. The number of carboxylic acids is 1. The Labute approximate surface area is 355 Å². The molecule has 9 unspecified atom stereocenters. The molecule has 0 aromatic heterocycles. The highest BCUT2D eigenvalue weighted by molar-refractivity contribution is 5.79. The largest absolute Gasteiger partial charge is 0.477 e. The number of aliphatic hydroxyl groups excluding tert-OH is 13. The van der Waals surface area contributed by atoms with Crippen molar-refractivity contribution in [1.29, 1.82) is 0 Å². The van der Waals surface area contributed by atoms with Gasteiger partial charge in [0.1, 0.15) is 72.1 Å². The third kappa shape index (κ3) is 10.8. The molecule has 17 N–H and O–H groups in total. The third-order valence-electron chi connectivity index (χ3n) is 11.3. The van der Waals surface area contributed by atoms with Crippen molar-refractivity contribution in [1.82, 2.24) is 10.6 Å². The lowest BCUT2D eigenvalue weighted by atomic mass is 9.91. The average Bonchev–Trinajstić information content (AvgIpc) is 3.74. The van der Waals surface area contributed by atoms with Crippen LogP contribution in [0.3, 0.4) is 0 Å². The number of hydrogen-bond donors (Lipinski definition) is 17. The van der Waals surface area contributed by atoms with Crippen LogP contribution in [0.2, 0.25) is 0 Å². The molecule has 3 fully saturated rings. The average molecular weight is 909 g/mol. The standard InChI is InChI=1S/C36H64N2O24/c1-12(2)57-30(53)25(50)24(49)27(14(4)9-40)60-31-26(51)28(22(47)17(10-41)58-31)61-34(33(54)55)7-19(35(38-16(6)44)32(62-34)36(35,56)18(45)11-42)59-29(52)20(37-15(5)43)23(48)21(46)13(3)8-39/h12-14,17-32,39-42,45-53,56H,7-11H2,1-6H3,(H,37,43)(H,38,44)(H,54,55)/t13?,14?,17?,18-,19-,20?,21+,22+,23?,24?,25?,26+,27-,28?,29+,30+,31+,32?,34-,35+,36-/m1/s1. The zero-order valence-corrected chi connectivity index (χ0v) is 34.9. The van der Waals surface area contributed by atoms with Gasteiger partial charge in [0, 0.05) is 45.3 Å². The molecular weight excluding hydrogens is 844 g/mol. The first-order valence-corrected chi connectivity index (χ1v) is 19.8. The van der Waals surface area contributed by atoms with Gasteiger partial charge in [0.15, 0.2) is 18.9 Å². The molecule has 26 nitrogen and oxygen atoms in total. The molecule has 21 atom stereocenters. The van der Waals surface area contributed by atoms with Gasteiger partial charge in [-0.1, -0.05) is 13.8 Å². The number of aliphatic carboxylic acids is 1. The van der Waals surface area contributed by atoms with Gasteiger partial charge in [0.05, 0.1) is 37.6 Å². The van der Waals surface area contributed by atoms with Gasteiger partial charge in [-0.25, -0.2) is 4.79 Å². The van der Waals surface area contributed by atoms with E-state index in [4.69, 9.17) is 28.4 Å². The fourth-order valence-electron chi connectivity index (χ4n) is 7.80. The molecule has 2 aliphatic heterocycles. The van der Waals surface area contributed by atoms with Crippen LogP contribution < -0.4 is 10.6 Å². The van der Waals surface area contributed by atoms with E-state index in [0.717, 1.165) is 13.8 Å². The quantitative estimate of drug-likeness (QED) is 0.0400. The summed E-state index contributed by atoms with van der Waals surface area (Å²) in [6, 6.07) is -2.01. The minimum Gasteiger partial charge on any atom is -0.477 e. The van der Waals surface area contributed by atoms with E-state index in [2.05, 4.69) is 10.6 Å². The van der Waals surface area contributed by atoms with E-state index in [-0.39, 0.29) is 0 Å². The number of rotatable bonds is 24. The summed E-state index contributed by atoms with van der Waals surface area (Å²) in [5.74, 6) is -9.52. The highest BCUT2D eigenvalue weighted by Crippen LogP contribution is 2.62. The number of carbonyl (C=O) groups is 3. The molecular formula is C36H64N2O24. The van der Waals surface area contributed by atoms with Gasteiger partial charge in [0.2, 0.25) is 11.8 Å². The predicted molar refractivity (Wildman–Crippen MR) is 199 cm³/mol. The number of hydrogen-bond acceptors (Lipinski definition) is 23. The van der Waals surface area contributed by atoms with Gasteiger partial charge in [-0.2, -0.15) is 0 Å². The summed E-state index contributed by atoms with van der Waals surface area (Å²) >= 11 is 0. The Morgan fingerprint density at radius 2 is 1.37 bits per heavy atom. The number of fused-ring (bicyclic) bond motifs is 1. The number of aliphatic hydroxyl groups is 14. The Hall–Kier alpha value is -2.39. The molecule has 0 radical (unpaired) electrons. The molecule has 3 rings (SSSR count). The molecule has 26 heteroatoms. The van der Waals surface area contributed by atoms with Crippen molar-refractivity contribution < 1.29 is 119 Å². The van der Waals surface area contributed by atoms with E-state index in [9.17, 15) is 91.0 Å². The lowest BCUT2D eigenvalue weighted by Crippen LogP contribution is -2.68. The summed E-state index contributed by atoms with van der Waals surface area (Å²) in [6.07, 6.45) is -33.8. The molecule has 2 heterocycles. The molecule has 0 bridgehead atoms. The van der Waals surface area contributed by atoms with Crippen LogP contribution in [0.4, 0.5) is 0 Å². The Morgan fingerprint density at radius 3 is 1.85 bits per heavy atom. The molecule has 0 spiro atoms. The van der Waals surface area contributed by atoms with Crippen molar-refractivity contribution in [3.05, 3.63) is 0 Å². The molecule has 2 saturated heterocycles.